The second kappa shape index (κ2) is 5.17. The molecule has 0 bridgehead atoms. The topological polar surface area (TPSA) is 12.5 Å². The average Bonchev–Trinajstić information content (AvgIpc) is 2.45. The molecule has 1 heterocycles. The monoisotopic (exact) mass is 249 g/mol. The van der Waals surface area contributed by atoms with Crippen molar-refractivity contribution in [2.24, 2.45) is 11.8 Å². The molecule has 4 unspecified atom stereocenters. The molecule has 1 aliphatic heterocycles. The molecule has 1 saturated carbocycles. The molecule has 0 spiro atoms. The molecule has 1 aliphatic carbocycles. The number of nitrogens with zero attached hydrogens (tertiary/aromatic N) is 1. The largest absolute Gasteiger partial charge is 0.383 e. The van der Waals surface area contributed by atoms with Crippen LogP contribution in [0.15, 0.2) is 0 Å². The van der Waals surface area contributed by atoms with Gasteiger partial charge in [0.25, 0.3) is 0 Å². The van der Waals surface area contributed by atoms with Crippen molar-refractivity contribution in [3.8, 4) is 0 Å². The molecule has 2 aliphatic rings. The van der Waals surface area contributed by atoms with Crippen LogP contribution in [0.2, 0.25) is 5.31 Å². The van der Waals surface area contributed by atoms with Crippen molar-refractivity contribution in [2.75, 3.05) is 27.3 Å². The highest BCUT2D eigenvalue weighted by Crippen LogP contribution is 2.49. The third-order valence-corrected chi connectivity index (χ3v) is 5.62. The summed E-state index contributed by atoms with van der Waals surface area (Å²) >= 11 is 0. The quantitative estimate of drug-likeness (QED) is 0.698. The maximum atomic E-state index is 6.38. The van der Waals surface area contributed by atoms with Gasteiger partial charge < -0.3 is 4.74 Å². The summed E-state index contributed by atoms with van der Waals surface area (Å²) in [5, 5.41) is 0.0455. The van der Waals surface area contributed by atoms with Gasteiger partial charge in [0, 0.05) is 12.6 Å². The Labute approximate surface area is 114 Å². The minimum absolute atomic E-state index is 0.0455. The molecule has 0 aromatic rings. The molecule has 102 valence electrons. The number of hydrogen-bond acceptors (Lipinski definition) is 2. The average molecular weight is 249 g/mol. The van der Waals surface area contributed by atoms with Crippen molar-refractivity contribution in [1.29, 1.82) is 0 Å². The number of hydrogen-bond donors (Lipinski definition) is 0. The molecule has 0 amide bonds. The van der Waals surface area contributed by atoms with Crippen LogP contribution in [0.25, 0.3) is 0 Å². The Balaban J connectivity index is 2.19. The predicted octanol–water partition coefficient (Wildman–Crippen LogP) is 2.88. The second-order valence-electron chi connectivity index (χ2n) is 7.10. The fourth-order valence-corrected chi connectivity index (χ4v) is 4.13. The number of fused-ring (bicyclic) bond motifs is 1. The van der Waals surface area contributed by atoms with Crippen molar-refractivity contribution in [2.45, 2.75) is 56.8 Å². The number of methoxy groups -OCH3 is 1. The first-order valence-electron chi connectivity index (χ1n) is 7.38. The molecule has 0 aromatic heterocycles. The van der Waals surface area contributed by atoms with Gasteiger partial charge >= 0.3 is 0 Å². The van der Waals surface area contributed by atoms with E-state index in [-0.39, 0.29) is 10.9 Å². The van der Waals surface area contributed by atoms with Crippen molar-refractivity contribution in [1.82, 2.24) is 4.90 Å². The number of likely N-dealkylation sites (N-methyl/N-ethyl adjacent to an activating group) is 1. The zero-order chi connectivity index (χ0) is 13.4. The number of rotatable bonds is 2. The summed E-state index contributed by atoms with van der Waals surface area (Å²) in [4.78, 5) is 2.51. The maximum absolute atomic E-state index is 6.38. The number of ether oxygens (including phenoxy) is 1. The zero-order valence-electron chi connectivity index (χ0n) is 12.5. The minimum Gasteiger partial charge on any atom is -0.383 e. The van der Waals surface area contributed by atoms with E-state index in [1.807, 2.05) is 7.11 Å². The van der Waals surface area contributed by atoms with Gasteiger partial charge in [0.15, 0.2) is 0 Å². The van der Waals surface area contributed by atoms with E-state index in [4.69, 9.17) is 12.6 Å². The summed E-state index contributed by atoms with van der Waals surface area (Å²) in [5.41, 5.74) is 0.193. The van der Waals surface area contributed by atoms with Gasteiger partial charge in [0.2, 0.25) is 0 Å². The first-order chi connectivity index (χ1) is 8.39. The van der Waals surface area contributed by atoms with Crippen LogP contribution in [0.1, 0.15) is 46.0 Å². The van der Waals surface area contributed by atoms with Crippen LogP contribution in [0, 0.1) is 11.8 Å². The molecule has 18 heavy (non-hydrogen) atoms. The van der Waals surface area contributed by atoms with Gasteiger partial charge in [-0.15, -0.1) is 0 Å². The smallest absolute Gasteiger partial charge is 0.0742 e. The zero-order valence-corrected chi connectivity index (χ0v) is 12.5. The highest BCUT2D eigenvalue weighted by atomic mass is 16.5. The Morgan fingerprint density at radius 1 is 1.22 bits per heavy atom. The van der Waals surface area contributed by atoms with Gasteiger partial charge in [-0.1, -0.05) is 31.5 Å². The molecule has 0 N–H and O–H groups in total. The molecule has 4 atom stereocenters. The lowest BCUT2D eigenvalue weighted by Gasteiger charge is -2.51. The number of likely N-dealkylation sites (tertiary alicyclic amines) is 1. The van der Waals surface area contributed by atoms with Gasteiger partial charge in [-0.3, -0.25) is 4.90 Å². The van der Waals surface area contributed by atoms with Crippen LogP contribution in [0.5, 0.6) is 0 Å². The summed E-state index contributed by atoms with van der Waals surface area (Å²) < 4.78 is 5.52. The normalized spacial score (nSPS) is 46.4. The van der Waals surface area contributed by atoms with Gasteiger partial charge in [-0.05, 0) is 45.2 Å². The molecule has 0 aromatic carbocycles. The van der Waals surface area contributed by atoms with E-state index in [9.17, 15) is 0 Å². The van der Waals surface area contributed by atoms with Crippen LogP contribution in [-0.4, -0.2) is 45.6 Å². The lowest BCUT2D eigenvalue weighted by molar-refractivity contribution is -0.0589. The molecular formula is C15H28BNO. The van der Waals surface area contributed by atoms with E-state index in [1.165, 1.54) is 32.2 Å². The summed E-state index contributed by atoms with van der Waals surface area (Å²) in [6.07, 6.45) is 6.21. The molecule has 1 saturated heterocycles. The molecule has 2 radical (unpaired) electrons. The van der Waals surface area contributed by atoms with Crippen molar-refractivity contribution in [3.05, 3.63) is 0 Å². The van der Waals surface area contributed by atoms with Crippen LogP contribution in [-0.2, 0) is 4.74 Å². The third kappa shape index (κ3) is 2.62. The van der Waals surface area contributed by atoms with E-state index < -0.39 is 0 Å². The lowest BCUT2D eigenvalue weighted by Crippen LogP contribution is -2.58. The number of piperidine rings is 1. The molecular weight excluding hydrogens is 221 g/mol. The first-order valence-corrected chi connectivity index (χ1v) is 7.38. The Bertz CT molecular complexity index is 294. The first kappa shape index (κ1) is 14.4. The highest BCUT2D eigenvalue weighted by molar-refractivity contribution is 6.14. The Morgan fingerprint density at radius 2 is 1.89 bits per heavy atom. The van der Waals surface area contributed by atoms with E-state index in [1.54, 1.807) is 0 Å². The third-order valence-electron chi connectivity index (χ3n) is 5.62. The maximum Gasteiger partial charge on any atom is 0.0742 e. The van der Waals surface area contributed by atoms with E-state index in [0.717, 1.165) is 24.9 Å². The van der Waals surface area contributed by atoms with Gasteiger partial charge in [0.05, 0.1) is 14.5 Å². The minimum atomic E-state index is 0.0455. The molecule has 2 rings (SSSR count). The molecule has 2 fully saturated rings. The van der Waals surface area contributed by atoms with Crippen molar-refractivity contribution < 1.29 is 4.74 Å². The van der Waals surface area contributed by atoms with E-state index >= 15 is 0 Å². The summed E-state index contributed by atoms with van der Waals surface area (Å²) in [6.45, 7) is 6.64. The van der Waals surface area contributed by atoms with Gasteiger partial charge in [-0.25, -0.2) is 0 Å². The van der Waals surface area contributed by atoms with Crippen molar-refractivity contribution >= 4 is 7.85 Å². The fraction of sp³-hybridized carbons (Fsp3) is 1.00. The summed E-state index contributed by atoms with van der Waals surface area (Å²) in [7, 11) is 10.5. The van der Waals surface area contributed by atoms with Crippen LogP contribution >= 0.6 is 0 Å². The summed E-state index contributed by atoms with van der Waals surface area (Å²) in [5.74, 6) is 1.58. The summed E-state index contributed by atoms with van der Waals surface area (Å²) in [6, 6.07) is 0. The Kier molecular flexibility index (Phi) is 4.13. The molecule has 3 heteroatoms. The second-order valence-corrected chi connectivity index (χ2v) is 7.10. The Hall–Kier alpha value is -0.0151. The molecule has 2 nitrogen and oxygen atoms in total. The highest BCUT2D eigenvalue weighted by Gasteiger charge is 2.47. The SMILES string of the molecule is [B]C1(C)CCC2CCN(C)C(C)(COC)C2CC1. The van der Waals surface area contributed by atoms with Crippen molar-refractivity contribution in [3.63, 3.8) is 0 Å². The van der Waals surface area contributed by atoms with Crippen LogP contribution in [0.4, 0.5) is 0 Å². The Morgan fingerprint density at radius 3 is 2.56 bits per heavy atom. The van der Waals surface area contributed by atoms with E-state index in [2.05, 4.69) is 25.8 Å². The van der Waals surface area contributed by atoms with Crippen LogP contribution < -0.4 is 0 Å². The van der Waals surface area contributed by atoms with Gasteiger partial charge in [-0.2, -0.15) is 0 Å². The van der Waals surface area contributed by atoms with Crippen LogP contribution in [0.3, 0.4) is 0 Å². The van der Waals surface area contributed by atoms with E-state index in [0.29, 0.717) is 0 Å². The van der Waals surface area contributed by atoms with Gasteiger partial charge in [0.1, 0.15) is 0 Å². The predicted molar refractivity (Wildman–Crippen MR) is 77.1 cm³/mol. The lowest BCUT2D eigenvalue weighted by atomic mass is 9.65. The fourth-order valence-electron chi connectivity index (χ4n) is 4.13. The standard InChI is InChI=1S/C15H28BNO/c1-14(16)8-5-12-7-10-17(3)15(2,11-18-4)13(12)6-9-14/h12-13H,5-11H2,1-4H3.